The molecule has 1 aliphatic heterocycles. The van der Waals surface area contributed by atoms with Crippen LogP contribution in [0.2, 0.25) is 0 Å². The average Bonchev–Trinajstić information content (AvgIpc) is 3.31. The molecule has 2 aliphatic carbocycles. The van der Waals surface area contributed by atoms with Gasteiger partial charge in [0.05, 0.1) is 16.7 Å². The Hall–Kier alpha value is -1.98. The minimum absolute atomic E-state index is 0.0140. The number of thioether (sulfide) groups is 1. The molecular formula is C19H24N6O3S2. The van der Waals surface area contributed by atoms with Crippen molar-refractivity contribution in [3.63, 3.8) is 0 Å². The Bertz CT molecular complexity index is 1060. The summed E-state index contributed by atoms with van der Waals surface area (Å²) in [7, 11) is -3.53. The zero-order valence-corrected chi connectivity index (χ0v) is 18.2. The highest BCUT2D eigenvalue weighted by Gasteiger charge is 2.32. The van der Waals surface area contributed by atoms with E-state index in [9.17, 15) is 13.2 Å². The molecule has 9 nitrogen and oxygen atoms in total. The summed E-state index contributed by atoms with van der Waals surface area (Å²) in [6.07, 6.45) is 5.22. The van der Waals surface area contributed by atoms with Gasteiger partial charge in [-0.3, -0.25) is 4.79 Å². The van der Waals surface area contributed by atoms with Crippen molar-refractivity contribution >= 4 is 27.7 Å². The molecule has 1 aromatic carbocycles. The van der Waals surface area contributed by atoms with Crippen LogP contribution in [0.5, 0.6) is 0 Å². The summed E-state index contributed by atoms with van der Waals surface area (Å²) in [6, 6.07) is 5.86. The normalized spacial score (nSPS) is 19.8. The van der Waals surface area contributed by atoms with Crippen LogP contribution in [-0.2, 0) is 27.7 Å². The smallest absolute Gasteiger partial charge is 0.243 e. The van der Waals surface area contributed by atoms with E-state index in [1.807, 2.05) is 12.1 Å². The summed E-state index contributed by atoms with van der Waals surface area (Å²) in [6.45, 7) is 1.43. The Morgan fingerprint density at radius 1 is 1.10 bits per heavy atom. The third-order valence-electron chi connectivity index (χ3n) is 5.98. The summed E-state index contributed by atoms with van der Waals surface area (Å²) < 4.78 is 29.4. The SMILES string of the molecule is O=C(CSc1nnnn1C1CC1)N1CCN(S(=O)(=O)c2ccc3c(c2)CCC3)CC1. The van der Waals surface area contributed by atoms with Crippen molar-refractivity contribution in [2.24, 2.45) is 0 Å². The minimum Gasteiger partial charge on any atom is -0.339 e. The van der Waals surface area contributed by atoms with Gasteiger partial charge in [0, 0.05) is 26.2 Å². The molecule has 1 amide bonds. The van der Waals surface area contributed by atoms with Crippen LogP contribution < -0.4 is 0 Å². The molecule has 11 heteroatoms. The molecule has 30 heavy (non-hydrogen) atoms. The maximum atomic E-state index is 13.0. The van der Waals surface area contributed by atoms with Gasteiger partial charge in [0.25, 0.3) is 0 Å². The maximum Gasteiger partial charge on any atom is 0.243 e. The van der Waals surface area contributed by atoms with E-state index in [0.717, 1.165) is 37.7 Å². The Balaban J connectivity index is 1.17. The van der Waals surface area contributed by atoms with Crippen LogP contribution in [0, 0.1) is 0 Å². The number of hydrogen-bond acceptors (Lipinski definition) is 7. The van der Waals surface area contributed by atoms with Gasteiger partial charge in [-0.15, -0.1) is 5.10 Å². The molecule has 0 unspecified atom stereocenters. The van der Waals surface area contributed by atoms with E-state index < -0.39 is 10.0 Å². The van der Waals surface area contributed by atoms with E-state index in [4.69, 9.17) is 0 Å². The van der Waals surface area contributed by atoms with E-state index in [0.29, 0.717) is 42.3 Å². The Morgan fingerprint density at radius 2 is 1.87 bits per heavy atom. The zero-order valence-electron chi connectivity index (χ0n) is 16.6. The summed E-state index contributed by atoms with van der Waals surface area (Å²) in [4.78, 5) is 14.7. The molecule has 0 atom stereocenters. The van der Waals surface area contributed by atoms with Crippen molar-refractivity contribution in [2.45, 2.75) is 48.2 Å². The van der Waals surface area contributed by atoms with Gasteiger partial charge < -0.3 is 4.90 Å². The average molecular weight is 449 g/mol. The van der Waals surface area contributed by atoms with Crippen LogP contribution in [0.3, 0.4) is 0 Å². The molecule has 3 aliphatic rings. The first-order valence-corrected chi connectivity index (χ1v) is 12.8. The lowest BCUT2D eigenvalue weighted by atomic mass is 10.1. The number of nitrogens with zero attached hydrogens (tertiary/aromatic N) is 6. The molecule has 1 saturated carbocycles. The molecule has 2 fully saturated rings. The molecule has 1 aromatic heterocycles. The summed E-state index contributed by atoms with van der Waals surface area (Å²) in [5, 5.41) is 12.4. The number of carbonyl (C=O) groups excluding carboxylic acids is 1. The van der Waals surface area contributed by atoms with Gasteiger partial charge in [-0.1, -0.05) is 17.8 Å². The van der Waals surface area contributed by atoms with E-state index in [-0.39, 0.29) is 11.7 Å². The van der Waals surface area contributed by atoms with Gasteiger partial charge >= 0.3 is 0 Å². The fourth-order valence-electron chi connectivity index (χ4n) is 4.08. The van der Waals surface area contributed by atoms with Crippen molar-refractivity contribution < 1.29 is 13.2 Å². The quantitative estimate of drug-likeness (QED) is 0.611. The Morgan fingerprint density at radius 3 is 2.63 bits per heavy atom. The highest BCUT2D eigenvalue weighted by molar-refractivity contribution is 7.99. The van der Waals surface area contributed by atoms with E-state index in [1.165, 1.54) is 21.6 Å². The molecule has 0 radical (unpaired) electrons. The maximum absolute atomic E-state index is 13.0. The second kappa shape index (κ2) is 7.93. The predicted octanol–water partition coefficient (Wildman–Crippen LogP) is 1.12. The first-order valence-electron chi connectivity index (χ1n) is 10.3. The third-order valence-corrected chi connectivity index (χ3v) is 8.79. The highest BCUT2D eigenvalue weighted by atomic mass is 32.2. The predicted molar refractivity (Wildman–Crippen MR) is 111 cm³/mol. The second-order valence-electron chi connectivity index (χ2n) is 7.99. The van der Waals surface area contributed by atoms with Crippen LogP contribution in [0.1, 0.15) is 36.4 Å². The molecule has 0 N–H and O–H groups in total. The lowest BCUT2D eigenvalue weighted by Crippen LogP contribution is -2.51. The summed E-state index contributed by atoms with van der Waals surface area (Å²) >= 11 is 1.34. The first-order chi connectivity index (χ1) is 14.5. The number of amides is 1. The topological polar surface area (TPSA) is 101 Å². The Kier molecular flexibility index (Phi) is 5.28. The number of piperazine rings is 1. The molecule has 1 saturated heterocycles. The highest BCUT2D eigenvalue weighted by Crippen LogP contribution is 2.36. The number of hydrogen-bond donors (Lipinski definition) is 0. The van der Waals surface area contributed by atoms with Crippen LogP contribution in [-0.4, -0.2) is 75.7 Å². The van der Waals surface area contributed by atoms with Gasteiger partial charge in [0.2, 0.25) is 21.1 Å². The third kappa shape index (κ3) is 3.85. The zero-order chi connectivity index (χ0) is 20.7. The fourth-order valence-corrected chi connectivity index (χ4v) is 6.40. The van der Waals surface area contributed by atoms with Gasteiger partial charge in [0.15, 0.2) is 0 Å². The van der Waals surface area contributed by atoms with E-state index in [1.54, 1.807) is 15.6 Å². The number of aromatic nitrogens is 4. The number of sulfonamides is 1. The first kappa shape index (κ1) is 20.0. The van der Waals surface area contributed by atoms with E-state index in [2.05, 4.69) is 15.5 Å². The number of fused-ring (bicyclic) bond motifs is 1. The van der Waals surface area contributed by atoms with Crippen molar-refractivity contribution in [3.8, 4) is 0 Å². The van der Waals surface area contributed by atoms with Crippen molar-refractivity contribution in [2.75, 3.05) is 31.9 Å². The molecule has 0 spiro atoms. The number of benzene rings is 1. The van der Waals surface area contributed by atoms with Gasteiger partial charge in [-0.2, -0.15) is 4.31 Å². The molecule has 2 aromatic rings. The standard InChI is InChI=1S/C19H24N6O3S2/c26-18(13-29-19-20-21-22-25(19)16-5-6-16)23-8-10-24(11-9-23)30(27,28)17-7-4-14-2-1-3-15(14)12-17/h4,7,12,16H,1-3,5-6,8-11,13H2. The van der Waals surface area contributed by atoms with Crippen molar-refractivity contribution in [1.82, 2.24) is 29.4 Å². The summed E-state index contributed by atoms with van der Waals surface area (Å²) in [5.41, 5.74) is 2.41. The van der Waals surface area contributed by atoms with Gasteiger partial charge in [-0.05, 0) is 65.8 Å². The number of tetrazole rings is 1. The number of rotatable bonds is 6. The molecule has 5 rings (SSSR count). The largest absolute Gasteiger partial charge is 0.339 e. The van der Waals surface area contributed by atoms with Gasteiger partial charge in [0.1, 0.15) is 0 Å². The monoisotopic (exact) mass is 448 g/mol. The van der Waals surface area contributed by atoms with Crippen LogP contribution in [0.15, 0.2) is 28.3 Å². The lowest BCUT2D eigenvalue weighted by molar-refractivity contribution is -0.129. The van der Waals surface area contributed by atoms with Gasteiger partial charge in [-0.25, -0.2) is 13.1 Å². The Labute approximate surface area is 179 Å². The summed E-state index contributed by atoms with van der Waals surface area (Å²) in [5.74, 6) is 0.241. The van der Waals surface area contributed by atoms with E-state index >= 15 is 0 Å². The fraction of sp³-hybridized carbons (Fsp3) is 0.579. The molecule has 2 heterocycles. The number of carbonyl (C=O) groups is 1. The number of aryl methyl sites for hydroxylation is 2. The van der Waals surface area contributed by atoms with Crippen molar-refractivity contribution in [3.05, 3.63) is 29.3 Å². The van der Waals surface area contributed by atoms with Crippen molar-refractivity contribution in [1.29, 1.82) is 0 Å². The minimum atomic E-state index is -3.53. The molecule has 0 bridgehead atoms. The molecular weight excluding hydrogens is 424 g/mol. The second-order valence-corrected chi connectivity index (χ2v) is 10.9. The van der Waals surface area contributed by atoms with Crippen LogP contribution in [0.25, 0.3) is 0 Å². The van der Waals surface area contributed by atoms with Crippen LogP contribution >= 0.6 is 11.8 Å². The lowest BCUT2D eigenvalue weighted by Gasteiger charge is -2.34. The molecule has 160 valence electrons. The van der Waals surface area contributed by atoms with Crippen LogP contribution in [0.4, 0.5) is 0 Å².